The van der Waals surface area contributed by atoms with Crippen molar-refractivity contribution < 1.29 is 14.7 Å². The predicted octanol–water partition coefficient (Wildman–Crippen LogP) is 2.00. The molecule has 1 aromatic heterocycles. The standard InChI is InChI=1S/C13H19N3O3S/c1-15(2)8-9-4-3-6-16(9)13(19)14-11-10(12(17)18)5-7-20-11/h5,7,9H,3-4,6,8H2,1-2H3,(H,14,19)(H,17,18). The van der Waals surface area contributed by atoms with Gasteiger partial charge in [-0.3, -0.25) is 5.32 Å². The minimum Gasteiger partial charge on any atom is -0.478 e. The van der Waals surface area contributed by atoms with Crippen LogP contribution in [0.15, 0.2) is 11.4 Å². The Balaban J connectivity index is 2.04. The quantitative estimate of drug-likeness (QED) is 0.891. The van der Waals surface area contributed by atoms with Crippen LogP contribution in [-0.2, 0) is 0 Å². The summed E-state index contributed by atoms with van der Waals surface area (Å²) in [5.41, 5.74) is 0.145. The molecule has 1 aliphatic heterocycles. The van der Waals surface area contributed by atoms with E-state index in [1.54, 1.807) is 10.3 Å². The van der Waals surface area contributed by atoms with E-state index in [2.05, 4.69) is 10.2 Å². The van der Waals surface area contributed by atoms with Crippen molar-refractivity contribution in [2.24, 2.45) is 0 Å². The number of carbonyl (C=O) groups is 2. The number of thiophene rings is 1. The lowest BCUT2D eigenvalue weighted by Gasteiger charge is -2.27. The number of urea groups is 1. The Labute approximate surface area is 122 Å². The molecular formula is C13H19N3O3S. The lowest BCUT2D eigenvalue weighted by atomic mass is 10.2. The number of aromatic carboxylic acids is 1. The molecule has 1 aromatic rings. The molecule has 7 heteroatoms. The predicted molar refractivity (Wildman–Crippen MR) is 78.6 cm³/mol. The van der Waals surface area contributed by atoms with Crippen LogP contribution in [0.3, 0.4) is 0 Å². The third-order valence-electron chi connectivity index (χ3n) is 3.33. The van der Waals surface area contributed by atoms with Gasteiger partial charge in [0.2, 0.25) is 0 Å². The summed E-state index contributed by atoms with van der Waals surface area (Å²) in [5, 5.41) is 13.8. The largest absolute Gasteiger partial charge is 0.478 e. The SMILES string of the molecule is CN(C)CC1CCCN1C(=O)Nc1sccc1C(=O)O. The van der Waals surface area contributed by atoms with E-state index in [0.717, 1.165) is 25.9 Å². The molecule has 0 radical (unpaired) electrons. The van der Waals surface area contributed by atoms with E-state index in [4.69, 9.17) is 5.11 Å². The fraction of sp³-hybridized carbons (Fsp3) is 0.538. The molecule has 0 aliphatic carbocycles. The van der Waals surface area contributed by atoms with Gasteiger partial charge in [-0.05, 0) is 38.4 Å². The van der Waals surface area contributed by atoms with E-state index in [9.17, 15) is 9.59 Å². The molecule has 2 amide bonds. The van der Waals surface area contributed by atoms with Crippen molar-refractivity contribution in [3.05, 3.63) is 17.0 Å². The highest BCUT2D eigenvalue weighted by Gasteiger charge is 2.29. The molecule has 1 aliphatic rings. The number of hydrogen-bond donors (Lipinski definition) is 2. The van der Waals surface area contributed by atoms with Crippen molar-refractivity contribution in [2.75, 3.05) is 32.5 Å². The summed E-state index contributed by atoms with van der Waals surface area (Å²) in [6.07, 6.45) is 1.98. The second-order valence-corrected chi connectivity index (χ2v) is 6.07. The second-order valence-electron chi connectivity index (χ2n) is 5.15. The van der Waals surface area contributed by atoms with Gasteiger partial charge in [0.15, 0.2) is 0 Å². The normalized spacial score (nSPS) is 18.6. The number of likely N-dealkylation sites (tertiary alicyclic amines) is 1. The van der Waals surface area contributed by atoms with Gasteiger partial charge >= 0.3 is 12.0 Å². The summed E-state index contributed by atoms with van der Waals surface area (Å²) in [4.78, 5) is 27.2. The highest BCUT2D eigenvalue weighted by molar-refractivity contribution is 7.14. The molecule has 1 unspecified atom stereocenters. The van der Waals surface area contributed by atoms with Crippen molar-refractivity contribution in [3.8, 4) is 0 Å². The average Bonchev–Trinajstić information content (AvgIpc) is 2.96. The summed E-state index contributed by atoms with van der Waals surface area (Å²) >= 11 is 1.23. The molecule has 1 saturated heterocycles. The molecular weight excluding hydrogens is 278 g/mol. The zero-order chi connectivity index (χ0) is 14.7. The smallest absolute Gasteiger partial charge is 0.338 e. The van der Waals surface area contributed by atoms with E-state index in [1.165, 1.54) is 17.4 Å². The number of amides is 2. The molecule has 110 valence electrons. The Hall–Kier alpha value is -1.60. The minimum absolute atomic E-state index is 0.145. The van der Waals surface area contributed by atoms with Gasteiger partial charge in [0.05, 0.1) is 5.56 Å². The molecule has 1 atom stereocenters. The molecule has 20 heavy (non-hydrogen) atoms. The van der Waals surface area contributed by atoms with Gasteiger partial charge in [0.1, 0.15) is 5.00 Å². The van der Waals surface area contributed by atoms with Crippen LogP contribution in [0.5, 0.6) is 0 Å². The van der Waals surface area contributed by atoms with Crippen LogP contribution in [0.1, 0.15) is 23.2 Å². The maximum atomic E-state index is 12.3. The maximum Gasteiger partial charge on any atom is 0.338 e. The van der Waals surface area contributed by atoms with Crippen LogP contribution in [0, 0.1) is 0 Å². The van der Waals surface area contributed by atoms with E-state index in [0.29, 0.717) is 5.00 Å². The monoisotopic (exact) mass is 297 g/mol. The first-order valence-corrected chi connectivity index (χ1v) is 7.40. The van der Waals surface area contributed by atoms with Gasteiger partial charge in [0, 0.05) is 19.1 Å². The number of rotatable bonds is 4. The van der Waals surface area contributed by atoms with Gasteiger partial charge in [-0.2, -0.15) is 0 Å². The van der Waals surface area contributed by atoms with Crippen molar-refractivity contribution in [1.29, 1.82) is 0 Å². The summed E-state index contributed by atoms with van der Waals surface area (Å²) in [6.45, 7) is 1.54. The number of likely N-dealkylation sites (N-methyl/N-ethyl adjacent to an activating group) is 1. The van der Waals surface area contributed by atoms with Crippen molar-refractivity contribution in [1.82, 2.24) is 9.80 Å². The summed E-state index contributed by atoms with van der Waals surface area (Å²) in [7, 11) is 3.96. The highest BCUT2D eigenvalue weighted by Crippen LogP contribution is 2.25. The van der Waals surface area contributed by atoms with Gasteiger partial charge in [-0.15, -0.1) is 11.3 Å². The highest BCUT2D eigenvalue weighted by atomic mass is 32.1. The van der Waals surface area contributed by atoms with E-state index >= 15 is 0 Å². The topological polar surface area (TPSA) is 72.9 Å². The summed E-state index contributed by atoms with van der Waals surface area (Å²) < 4.78 is 0. The molecule has 2 rings (SSSR count). The summed E-state index contributed by atoms with van der Waals surface area (Å²) in [5.74, 6) is -1.02. The number of nitrogens with zero attached hydrogens (tertiary/aromatic N) is 2. The number of nitrogens with one attached hydrogen (secondary N) is 1. The zero-order valence-electron chi connectivity index (χ0n) is 11.6. The van der Waals surface area contributed by atoms with Gasteiger partial charge < -0.3 is 14.9 Å². The third-order valence-corrected chi connectivity index (χ3v) is 4.16. The number of carbonyl (C=O) groups excluding carboxylic acids is 1. The summed E-state index contributed by atoms with van der Waals surface area (Å²) in [6, 6.07) is 1.49. The zero-order valence-corrected chi connectivity index (χ0v) is 12.4. The number of carboxylic acid groups (broad SMARTS) is 1. The Morgan fingerprint density at radius 3 is 2.95 bits per heavy atom. The van der Waals surface area contributed by atoms with E-state index in [-0.39, 0.29) is 17.6 Å². The molecule has 2 heterocycles. The van der Waals surface area contributed by atoms with Crippen molar-refractivity contribution >= 4 is 28.3 Å². The second kappa shape index (κ2) is 6.23. The van der Waals surface area contributed by atoms with Gasteiger partial charge in [-0.25, -0.2) is 9.59 Å². The van der Waals surface area contributed by atoms with Crippen LogP contribution in [0.4, 0.5) is 9.80 Å². The average molecular weight is 297 g/mol. The van der Waals surface area contributed by atoms with E-state index < -0.39 is 5.97 Å². The van der Waals surface area contributed by atoms with Gasteiger partial charge in [0.25, 0.3) is 0 Å². The number of carboxylic acids is 1. The third kappa shape index (κ3) is 3.29. The number of anilines is 1. The Bertz CT molecular complexity index is 501. The molecule has 6 nitrogen and oxygen atoms in total. The van der Waals surface area contributed by atoms with Crippen LogP contribution in [0.25, 0.3) is 0 Å². The van der Waals surface area contributed by atoms with Gasteiger partial charge in [-0.1, -0.05) is 0 Å². The fourth-order valence-corrected chi connectivity index (χ4v) is 3.23. The first-order chi connectivity index (χ1) is 9.49. The lowest BCUT2D eigenvalue weighted by molar-refractivity contribution is 0.0698. The fourth-order valence-electron chi connectivity index (χ4n) is 2.46. The minimum atomic E-state index is -1.02. The molecule has 0 aromatic carbocycles. The van der Waals surface area contributed by atoms with Crippen LogP contribution in [0.2, 0.25) is 0 Å². The first-order valence-electron chi connectivity index (χ1n) is 6.52. The van der Waals surface area contributed by atoms with E-state index in [1.807, 2.05) is 14.1 Å². The molecule has 0 spiro atoms. The Morgan fingerprint density at radius 2 is 2.30 bits per heavy atom. The Morgan fingerprint density at radius 1 is 1.55 bits per heavy atom. The van der Waals surface area contributed by atoms with Crippen molar-refractivity contribution in [3.63, 3.8) is 0 Å². The maximum absolute atomic E-state index is 12.3. The first kappa shape index (κ1) is 14.8. The molecule has 2 N–H and O–H groups in total. The number of hydrogen-bond acceptors (Lipinski definition) is 4. The van der Waals surface area contributed by atoms with Crippen LogP contribution >= 0.6 is 11.3 Å². The molecule has 1 fully saturated rings. The Kier molecular flexibility index (Phi) is 4.61. The van der Waals surface area contributed by atoms with Crippen LogP contribution in [-0.4, -0.2) is 60.1 Å². The lowest BCUT2D eigenvalue weighted by Crippen LogP contribution is -2.43. The van der Waals surface area contributed by atoms with Crippen molar-refractivity contribution in [2.45, 2.75) is 18.9 Å². The van der Waals surface area contributed by atoms with Crippen LogP contribution < -0.4 is 5.32 Å². The molecule has 0 bridgehead atoms. The molecule has 0 saturated carbocycles.